The monoisotopic (exact) mass is 412 g/mol. The average Bonchev–Trinajstić information content (AvgIpc) is 2.63. The molecule has 1 aromatic heterocycles. The zero-order valence-electron chi connectivity index (χ0n) is 13.9. The Balaban J connectivity index is 1.76. The lowest BCUT2D eigenvalue weighted by Gasteiger charge is -2.12. The van der Waals surface area contributed by atoms with Crippen LogP contribution in [0, 0.1) is 12.7 Å². The fourth-order valence-electron chi connectivity index (χ4n) is 3.01. The third-order valence-corrected chi connectivity index (χ3v) is 4.88. The van der Waals surface area contributed by atoms with Gasteiger partial charge in [0, 0.05) is 21.0 Å². The first-order valence-corrected chi connectivity index (χ1v) is 8.86. The quantitative estimate of drug-likeness (QED) is 0.318. The molecule has 1 heterocycles. The summed E-state index contributed by atoms with van der Waals surface area (Å²) in [5, 5.41) is 2.23. The number of fused-ring (bicyclic) bond motifs is 3. The molecule has 0 amide bonds. The van der Waals surface area contributed by atoms with Crippen molar-refractivity contribution in [3.8, 4) is 5.75 Å². The molecule has 4 aromatic rings. The van der Waals surface area contributed by atoms with Crippen molar-refractivity contribution in [3.63, 3.8) is 0 Å². The lowest BCUT2D eigenvalue weighted by molar-refractivity contribution is 0.297. The second-order valence-electron chi connectivity index (χ2n) is 6.02. The number of benzene rings is 3. The number of hydrogen-bond donors (Lipinski definition) is 0. The highest BCUT2D eigenvalue weighted by molar-refractivity contribution is 9.10. The molecule has 0 radical (unpaired) electrons. The van der Waals surface area contributed by atoms with Crippen LogP contribution >= 0.6 is 15.9 Å². The first-order chi connectivity index (χ1) is 12.5. The number of halogens is 2. The van der Waals surface area contributed by atoms with Crippen LogP contribution in [0.2, 0.25) is 0 Å². The van der Waals surface area contributed by atoms with Crippen LogP contribution in [0.1, 0.15) is 11.1 Å². The summed E-state index contributed by atoms with van der Waals surface area (Å²) in [5.74, 6) is 0.216. The van der Waals surface area contributed by atoms with Crippen molar-refractivity contribution in [3.05, 3.63) is 86.4 Å². The zero-order valence-corrected chi connectivity index (χ0v) is 15.5. The largest absolute Gasteiger partial charge is 0.488 e. The van der Waals surface area contributed by atoms with Gasteiger partial charge in [-0.05, 0) is 42.6 Å². The van der Waals surface area contributed by atoms with Gasteiger partial charge in [-0.1, -0.05) is 40.2 Å². The highest BCUT2D eigenvalue weighted by atomic mass is 79.9. The van der Waals surface area contributed by atoms with Gasteiger partial charge in [0.25, 0.3) is 0 Å². The van der Waals surface area contributed by atoms with Crippen LogP contribution in [-0.2, 0) is 6.61 Å². The summed E-state index contributed by atoms with van der Waals surface area (Å²) >= 11 is 3.23. The maximum Gasteiger partial charge on any atom is 0.344 e. The minimum Gasteiger partial charge on any atom is -0.488 e. The van der Waals surface area contributed by atoms with E-state index in [9.17, 15) is 9.18 Å². The van der Waals surface area contributed by atoms with E-state index in [1.807, 2.05) is 37.3 Å². The standard InChI is InChI=1S/C21H14BrFO3/c1-12-19(25-11-13-6-7-14(22)10-18(13)23)9-8-16-15-4-2-3-5-17(15)21(24)26-20(12)16/h2-10H,11H2,1H3. The van der Waals surface area contributed by atoms with Gasteiger partial charge in [-0.15, -0.1) is 0 Å². The fraction of sp³-hybridized carbons (Fsp3) is 0.0952. The first kappa shape index (κ1) is 16.8. The lowest BCUT2D eigenvalue weighted by Crippen LogP contribution is -2.03. The number of ether oxygens (including phenoxy) is 1. The van der Waals surface area contributed by atoms with Gasteiger partial charge in [0.1, 0.15) is 23.8 Å². The predicted octanol–water partition coefficient (Wildman–Crippen LogP) is 5.74. The number of rotatable bonds is 3. The number of hydrogen-bond acceptors (Lipinski definition) is 3. The van der Waals surface area contributed by atoms with Crippen LogP contribution in [0.15, 0.2) is 68.3 Å². The van der Waals surface area contributed by atoms with E-state index in [4.69, 9.17) is 9.15 Å². The van der Waals surface area contributed by atoms with E-state index in [-0.39, 0.29) is 18.0 Å². The summed E-state index contributed by atoms with van der Waals surface area (Å²) in [6.07, 6.45) is 0. The molecule has 0 fully saturated rings. The molecule has 0 saturated carbocycles. The van der Waals surface area contributed by atoms with Crippen LogP contribution in [0.5, 0.6) is 5.75 Å². The molecular formula is C21H14BrFO3. The maximum atomic E-state index is 14.0. The SMILES string of the molecule is Cc1c(OCc2ccc(Br)cc2F)ccc2c1oc(=O)c1ccccc12. The molecule has 0 aliphatic heterocycles. The van der Waals surface area contributed by atoms with Gasteiger partial charge in [0.2, 0.25) is 0 Å². The average molecular weight is 413 g/mol. The Morgan fingerprint density at radius 2 is 1.81 bits per heavy atom. The van der Waals surface area contributed by atoms with Gasteiger partial charge in [-0.2, -0.15) is 0 Å². The molecular weight excluding hydrogens is 399 g/mol. The van der Waals surface area contributed by atoms with Crippen LogP contribution in [0.4, 0.5) is 4.39 Å². The molecule has 0 unspecified atom stereocenters. The van der Waals surface area contributed by atoms with Gasteiger partial charge in [-0.25, -0.2) is 9.18 Å². The Morgan fingerprint density at radius 3 is 2.58 bits per heavy atom. The molecule has 0 saturated heterocycles. The van der Waals surface area contributed by atoms with Crippen LogP contribution in [-0.4, -0.2) is 0 Å². The molecule has 0 aliphatic rings. The second-order valence-corrected chi connectivity index (χ2v) is 6.94. The van der Waals surface area contributed by atoms with E-state index < -0.39 is 0 Å². The topological polar surface area (TPSA) is 39.4 Å². The summed E-state index contributed by atoms with van der Waals surface area (Å²) in [4.78, 5) is 12.3. The molecule has 3 nitrogen and oxygen atoms in total. The fourth-order valence-corrected chi connectivity index (χ4v) is 3.34. The summed E-state index contributed by atoms with van der Waals surface area (Å²) in [5.41, 5.74) is 1.27. The third kappa shape index (κ3) is 2.88. The van der Waals surface area contributed by atoms with Gasteiger partial charge < -0.3 is 9.15 Å². The second kappa shape index (κ2) is 6.57. The first-order valence-electron chi connectivity index (χ1n) is 8.06. The molecule has 0 N–H and O–H groups in total. The van der Waals surface area contributed by atoms with Gasteiger partial charge in [-0.3, -0.25) is 0 Å². The molecule has 0 aliphatic carbocycles. The van der Waals surface area contributed by atoms with Crippen molar-refractivity contribution in [1.82, 2.24) is 0 Å². The van der Waals surface area contributed by atoms with E-state index in [0.717, 1.165) is 10.8 Å². The van der Waals surface area contributed by atoms with Gasteiger partial charge in [0.15, 0.2) is 0 Å². The van der Waals surface area contributed by atoms with Crippen LogP contribution < -0.4 is 10.4 Å². The number of aryl methyl sites for hydroxylation is 1. The van der Waals surface area contributed by atoms with Crippen LogP contribution in [0.25, 0.3) is 21.7 Å². The van der Waals surface area contributed by atoms with E-state index in [1.54, 1.807) is 18.2 Å². The normalized spacial score (nSPS) is 11.2. The Labute approximate surface area is 157 Å². The Kier molecular flexibility index (Phi) is 4.24. The molecule has 130 valence electrons. The maximum absolute atomic E-state index is 14.0. The highest BCUT2D eigenvalue weighted by Gasteiger charge is 2.13. The zero-order chi connectivity index (χ0) is 18.3. The minimum absolute atomic E-state index is 0.0866. The van der Waals surface area contributed by atoms with Gasteiger partial charge in [0.05, 0.1) is 5.39 Å². The van der Waals surface area contributed by atoms with Crippen molar-refractivity contribution in [2.24, 2.45) is 0 Å². The minimum atomic E-state index is -0.382. The molecule has 26 heavy (non-hydrogen) atoms. The smallest absolute Gasteiger partial charge is 0.344 e. The molecule has 3 aromatic carbocycles. The molecule has 0 spiro atoms. The summed E-state index contributed by atoms with van der Waals surface area (Å²) in [6.45, 7) is 1.91. The predicted molar refractivity (Wildman–Crippen MR) is 103 cm³/mol. The van der Waals surface area contributed by atoms with E-state index in [1.165, 1.54) is 6.07 Å². The van der Waals surface area contributed by atoms with E-state index >= 15 is 0 Å². The van der Waals surface area contributed by atoms with E-state index in [0.29, 0.717) is 32.3 Å². The molecule has 4 rings (SSSR count). The summed E-state index contributed by atoms with van der Waals surface area (Å²) in [6, 6.07) is 15.9. The Hall–Kier alpha value is -2.66. The lowest BCUT2D eigenvalue weighted by atomic mass is 10.0. The van der Waals surface area contributed by atoms with Crippen molar-refractivity contribution in [2.45, 2.75) is 13.5 Å². The Bertz CT molecular complexity index is 1200. The third-order valence-electron chi connectivity index (χ3n) is 4.39. The van der Waals surface area contributed by atoms with E-state index in [2.05, 4.69) is 15.9 Å². The van der Waals surface area contributed by atoms with Crippen molar-refractivity contribution < 1.29 is 13.5 Å². The molecule has 5 heteroatoms. The summed E-state index contributed by atoms with van der Waals surface area (Å²) < 4.78 is 25.9. The van der Waals surface area contributed by atoms with Crippen molar-refractivity contribution in [1.29, 1.82) is 0 Å². The molecule has 0 atom stereocenters. The van der Waals surface area contributed by atoms with Crippen molar-refractivity contribution >= 4 is 37.7 Å². The highest BCUT2D eigenvalue weighted by Crippen LogP contribution is 2.31. The molecule has 0 bridgehead atoms. The summed E-state index contributed by atoms with van der Waals surface area (Å²) in [7, 11) is 0. The van der Waals surface area contributed by atoms with Crippen LogP contribution in [0.3, 0.4) is 0 Å². The van der Waals surface area contributed by atoms with Crippen molar-refractivity contribution in [2.75, 3.05) is 0 Å². The Morgan fingerprint density at radius 1 is 1.04 bits per heavy atom. The van der Waals surface area contributed by atoms with Gasteiger partial charge >= 0.3 is 5.63 Å².